The molecule has 4 rings (SSSR count). The molecule has 3 aromatic rings. The van der Waals surface area contributed by atoms with Crippen molar-refractivity contribution in [2.24, 2.45) is 0 Å². The van der Waals surface area contributed by atoms with Gasteiger partial charge in [-0.1, -0.05) is 0 Å². The molecule has 1 amide bonds. The number of nitrogens with zero attached hydrogens (tertiary/aromatic N) is 2. The van der Waals surface area contributed by atoms with Gasteiger partial charge >= 0.3 is 12.1 Å². The fraction of sp³-hybridized carbons (Fsp3) is 0.333. The van der Waals surface area contributed by atoms with Crippen molar-refractivity contribution in [3.05, 3.63) is 53.0 Å². The first-order valence-corrected chi connectivity index (χ1v) is 11.8. The number of carbonyl (C=O) groups excluding carboxylic acids is 1. The van der Waals surface area contributed by atoms with Crippen LogP contribution in [0.4, 0.5) is 18.9 Å². The van der Waals surface area contributed by atoms with Crippen LogP contribution in [0.25, 0.3) is 11.1 Å². The van der Waals surface area contributed by atoms with Gasteiger partial charge in [0.15, 0.2) is 5.58 Å². The molecule has 0 spiro atoms. The Hall–Kier alpha value is -3.32. The highest BCUT2D eigenvalue weighted by Gasteiger charge is 2.31. The second-order valence-electron chi connectivity index (χ2n) is 7.63. The van der Waals surface area contributed by atoms with Crippen LogP contribution >= 0.6 is 0 Å². The van der Waals surface area contributed by atoms with Gasteiger partial charge in [0.05, 0.1) is 10.4 Å². The maximum Gasteiger partial charge on any atom is 0.573 e. The third-order valence-electron chi connectivity index (χ3n) is 5.28. The molecule has 0 saturated carbocycles. The van der Waals surface area contributed by atoms with Gasteiger partial charge in [-0.15, -0.1) is 13.2 Å². The minimum absolute atomic E-state index is 0.0264. The van der Waals surface area contributed by atoms with Crippen molar-refractivity contribution in [3.8, 4) is 5.75 Å². The molecule has 13 heteroatoms. The van der Waals surface area contributed by atoms with Crippen LogP contribution in [0.2, 0.25) is 0 Å². The Bertz CT molecular complexity index is 1360. The highest BCUT2D eigenvalue weighted by Crippen LogP contribution is 2.25. The molecule has 1 aromatic heterocycles. The number of alkyl halides is 3. The summed E-state index contributed by atoms with van der Waals surface area (Å²) in [7, 11) is -3.68. The number of rotatable bonds is 7. The molecule has 34 heavy (non-hydrogen) atoms. The number of fused-ring (bicyclic) bond motifs is 1. The van der Waals surface area contributed by atoms with Crippen molar-refractivity contribution in [3.63, 3.8) is 0 Å². The average molecular weight is 499 g/mol. The molecule has 1 saturated heterocycles. The van der Waals surface area contributed by atoms with Crippen LogP contribution < -0.4 is 15.8 Å². The predicted octanol–water partition coefficient (Wildman–Crippen LogP) is 3.31. The molecular weight excluding hydrogens is 479 g/mol. The second kappa shape index (κ2) is 9.14. The number of benzene rings is 2. The Balaban J connectivity index is 1.42. The molecule has 0 aliphatic carbocycles. The Labute approximate surface area is 191 Å². The molecule has 2 aromatic carbocycles. The molecule has 1 aliphatic rings. The van der Waals surface area contributed by atoms with Crippen LogP contribution in [-0.4, -0.2) is 42.6 Å². The number of amides is 1. The van der Waals surface area contributed by atoms with E-state index >= 15 is 0 Å². The van der Waals surface area contributed by atoms with Gasteiger partial charge in [0.2, 0.25) is 15.9 Å². The van der Waals surface area contributed by atoms with E-state index in [9.17, 15) is 31.2 Å². The zero-order valence-electron chi connectivity index (χ0n) is 17.7. The Morgan fingerprint density at radius 3 is 2.41 bits per heavy atom. The smallest absolute Gasteiger partial charge is 0.408 e. The lowest BCUT2D eigenvalue weighted by molar-refractivity contribution is -0.274. The number of hydrogen-bond acceptors (Lipinski definition) is 6. The predicted molar refractivity (Wildman–Crippen MR) is 115 cm³/mol. The van der Waals surface area contributed by atoms with Crippen LogP contribution in [0.3, 0.4) is 0 Å². The molecule has 1 fully saturated rings. The van der Waals surface area contributed by atoms with Gasteiger partial charge in [-0.05, 0) is 49.2 Å². The number of halogens is 3. The fourth-order valence-corrected chi connectivity index (χ4v) is 5.21. The van der Waals surface area contributed by atoms with Gasteiger partial charge in [-0.2, -0.15) is 4.31 Å². The molecule has 0 atom stereocenters. The summed E-state index contributed by atoms with van der Waals surface area (Å²) in [6, 6.07) is 8.77. The summed E-state index contributed by atoms with van der Waals surface area (Å²) in [5.74, 6) is -1.65. The molecule has 0 radical (unpaired) electrons. The van der Waals surface area contributed by atoms with Gasteiger partial charge in [0.25, 0.3) is 0 Å². The average Bonchev–Trinajstić information content (AvgIpc) is 3.40. The number of carbonyl (C=O) groups is 1. The number of aryl methyl sites for hydroxylation is 1. The summed E-state index contributed by atoms with van der Waals surface area (Å²) in [5.41, 5.74) is 0.679. The highest BCUT2D eigenvalue weighted by atomic mass is 32.2. The molecule has 0 bridgehead atoms. The number of aromatic nitrogens is 1. The van der Waals surface area contributed by atoms with Crippen LogP contribution in [0.1, 0.15) is 19.3 Å². The van der Waals surface area contributed by atoms with E-state index in [0.717, 1.165) is 25.0 Å². The number of sulfonamides is 1. The lowest BCUT2D eigenvalue weighted by atomic mass is 10.3. The lowest BCUT2D eigenvalue weighted by Gasteiger charge is -2.15. The molecule has 182 valence electrons. The number of oxazole rings is 1. The zero-order chi connectivity index (χ0) is 24.5. The SMILES string of the molecule is O=C(CCn1c(=O)oc2cc(S(=O)(=O)N3CCCC3)ccc21)Nc1ccc(OC(F)(F)F)cc1. The maximum absolute atomic E-state index is 12.7. The van der Waals surface area contributed by atoms with E-state index in [1.807, 2.05) is 0 Å². The standard InChI is InChI=1S/C21H20F3N3O6S/c22-21(23,24)33-15-5-3-14(4-6-15)25-19(28)9-12-27-17-8-7-16(13-18(17)32-20(27)29)34(30,31)26-10-1-2-11-26/h3-8,13H,1-2,9-12H2,(H,25,28). The first kappa shape index (κ1) is 23.8. The van der Waals surface area contributed by atoms with Gasteiger partial charge < -0.3 is 14.5 Å². The Morgan fingerprint density at radius 1 is 1.09 bits per heavy atom. The summed E-state index contributed by atoms with van der Waals surface area (Å²) in [6.45, 7) is 0.836. The molecule has 1 aliphatic heterocycles. The van der Waals surface area contributed by atoms with E-state index in [-0.39, 0.29) is 29.1 Å². The van der Waals surface area contributed by atoms with Crippen LogP contribution in [0.15, 0.2) is 56.6 Å². The largest absolute Gasteiger partial charge is 0.573 e. The van der Waals surface area contributed by atoms with Crippen molar-refractivity contribution in [1.29, 1.82) is 0 Å². The molecule has 1 N–H and O–H groups in total. The third-order valence-corrected chi connectivity index (χ3v) is 7.17. The Kier molecular flexibility index (Phi) is 6.41. The molecule has 0 unspecified atom stereocenters. The molecule has 9 nitrogen and oxygen atoms in total. The van der Waals surface area contributed by atoms with Gasteiger partial charge in [0.1, 0.15) is 5.75 Å². The summed E-state index contributed by atoms with van der Waals surface area (Å²) in [4.78, 5) is 24.6. The third kappa shape index (κ3) is 5.25. The van der Waals surface area contributed by atoms with Gasteiger partial charge in [0, 0.05) is 37.8 Å². The second-order valence-corrected chi connectivity index (χ2v) is 9.57. The Morgan fingerprint density at radius 2 is 1.76 bits per heavy atom. The van der Waals surface area contributed by atoms with E-state index in [4.69, 9.17) is 4.42 Å². The summed E-state index contributed by atoms with van der Waals surface area (Å²) in [6.07, 6.45) is -3.37. The summed E-state index contributed by atoms with van der Waals surface area (Å²) >= 11 is 0. The monoisotopic (exact) mass is 499 g/mol. The van der Waals surface area contributed by atoms with Gasteiger partial charge in [-0.25, -0.2) is 13.2 Å². The lowest BCUT2D eigenvalue weighted by Crippen LogP contribution is -2.27. The van der Waals surface area contributed by atoms with E-state index in [0.29, 0.717) is 18.6 Å². The summed E-state index contributed by atoms with van der Waals surface area (Å²) < 4.78 is 73.7. The van der Waals surface area contributed by atoms with Crippen molar-refractivity contribution in [1.82, 2.24) is 8.87 Å². The van der Waals surface area contributed by atoms with Crippen molar-refractivity contribution in [2.75, 3.05) is 18.4 Å². The number of hydrogen-bond donors (Lipinski definition) is 1. The van der Waals surface area contributed by atoms with Crippen molar-refractivity contribution in [2.45, 2.75) is 37.1 Å². The quantitative estimate of drug-likeness (QED) is 0.534. The fourth-order valence-electron chi connectivity index (χ4n) is 3.67. The number of ether oxygens (including phenoxy) is 1. The van der Waals surface area contributed by atoms with E-state index < -0.39 is 33.8 Å². The number of anilines is 1. The molecular formula is C21H20F3N3O6S. The van der Waals surface area contributed by atoms with Crippen LogP contribution in [0.5, 0.6) is 5.75 Å². The number of nitrogens with one attached hydrogen (secondary N) is 1. The zero-order valence-corrected chi connectivity index (χ0v) is 18.5. The minimum Gasteiger partial charge on any atom is -0.408 e. The summed E-state index contributed by atoms with van der Waals surface area (Å²) in [5, 5.41) is 2.52. The van der Waals surface area contributed by atoms with Gasteiger partial charge in [-0.3, -0.25) is 9.36 Å². The maximum atomic E-state index is 12.7. The highest BCUT2D eigenvalue weighted by molar-refractivity contribution is 7.89. The van der Waals surface area contributed by atoms with Crippen LogP contribution in [-0.2, 0) is 21.4 Å². The van der Waals surface area contributed by atoms with E-state index in [1.54, 1.807) is 0 Å². The van der Waals surface area contributed by atoms with E-state index in [1.165, 1.54) is 39.2 Å². The van der Waals surface area contributed by atoms with Crippen molar-refractivity contribution >= 4 is 32.7 Å². The topological polar surface area (TPSA) is 111 Å². The first-order valence-electron chi connectivity index (χ1n) is 10.3. The minimum atomic E-state index is -4.81. The normalized spacial score (nSPS) is 15.0. The molecule has 2 heterocycles. The van der Waals surface area contributed by atoms with E-state index in [2.05, 4.69) is 10.1 Å². The first-order chi connectivity index (χ1) is 16.0. The van der Waals surface area contributed by atoms with Crippen molar-refractivity contribution < 1.29 is 35.5 Å². The van der Waals surface area contributed by atoms with Crippen LogP contribution in [0, 0.1) is 0 Å².